The molecule has 2 heterocycles. The summed E-state index contributed by atoms with van der Waals surface area (Å²) in [5.41, 5.74) is 4.07. The molecule has 188 valence electrons. The van der Waals surface area contributed by atoms with E-state index < -0.39 is 12.1 Å². The van der Waals surface area contributed by atoms with Gasteiger partial charge < -0.3 is 18.7 Å². The molecule has 1 atom stereocenters. The first kappa shape index (κ1) is 24.8. The zero-order valence-electron chi connectivity index (χ0n) is 20.2. The fourth-order valence-electron chi connectivity index (χ4n) is 4.10. The molecule has 0 saturated heterocycles. The van der Waals surface area contributed by atoms with Gasteiger partial charge in [0.15, 0.2) is 17.6 Å². The normalized spacial score (nSPS) is 12.1. The lowest BCUT2D eigenvalue weighted by Crippen LogP contribution is -2.29. The number of aromatic nitrogens is 2. The molecular weight excluding hydrogens is 536 g/mol. The van der Waals surface area contributed by atoms with Gasteiger partial charge in [-0.1, -0.05) is 40.2 Å². The number of oxazole rings is 2. The quantitative estimate of drug-likeness (QED) is 0.200. The molecule has 0 spiro atoms. The third kappa shape index (κ3) is 6.09. The highest BCUT2D eigenvalue weighted by molar-refractivity contribution is 9.10. The van der Waals surface area contributed by atoms with E-state index in [9.17, 15) is 9.90 Å². The second kappa shape index (κ2) is 11.0. The Labute approximate surface area is 222 Å². The average molecular weight is 561 g/mol. The van der Waals surface area contributed by atoms with Gasteiger partial charge >= 0.3 is 5.97 Å². The van der Waals surface area contributed by atoms with Crippen molar-refractivity contribution < 1.29 is 23.5 Å². The molecule has 0 unspecified atom stereocenters. The molecule has 7 nitrogen and oxygen atoms in total. The number of ether oxygens (including phenoxy) is 1. The standard InChI is InChI=1S/C29H25BrN2O5/c1-18-23(32-28(35-18)20-6-3-2-4-7-20)8-5-9-27-31-24-16-19(10-15-25(24)37-27)17-26(29(33)34)36-22-13-11-21(30)12-14-22/h2-4,6-7,10-16,26H,5,8-9,17H2,1H3,(H,33,34)/t26-/m0/s1. The second-order valence-electron chi connectivity index (χ2n) is 8.75. The van der Waals surface area contributed by atoms with Crippen molar-refractivity contribution in [1.29, 1.82) is 0 Å². The van der Waals surface area contributed by atoms with Gasteiger partial charge in [0.2, 0.25) is 5.89 Å². The van der Waals surface area contributed by atoms with Gasteiger partial charge in [-0.25, -0.2) is 14.8 Å². The van der Waals surface area contributed by atoms with Gasteiger partial charge in [0.1, 0.15) is 17.0 Å². The maximum absolute atomic E-state index is 11.8. The van der Waals surface area contributed by atoms with E-state index in [-0.39, 0.29) is 6.42 Å². The van der Waals surface area contributed by atoms with Crippen LogP contribution in [0.1, 0.15) is 29.3 Å². The lowest BCUT2D eigenvalue weighted by Gasteiger charge is -2.15. The van der Waals surface area contributed by atoms with Crippen molar-refractivity contribution in [2.45, 2.75) is 38.7 Å². The molecule has 0 amide bonds. The van der Waals surface area contributed by atoms with Crippen LogP contribution in [-0.2, 0) is 24.1 Å². The Morgan fingerprint density at radius 3 is 2.54 bits per heavy atom. The summed E-state index contributed by atoms with van der Waals surface area (Å²) in [7, 11) is 0. The zero-order chi connectivity index (χ0) is 25.8. The van der Waals surface area contributed by atoms with Crippen molar-refractivity contribution in [3.8, 4) is 17.2 Å². The number of aliphatic carboxylic acids is 1. The topological polar surface area (TPSA) is 98.6 Å². The number of carbonyl (C=O) groups is 1. The molecule has 0 aliphatic carbocycles. The monoisotopic (exact) mass is 560 g/mol. The Bertz CT molecular complexity index is 1510. The predicted octanol–water partition coefficient (Wildman–Crippen LogP) is 6.80. The SMILES string of the molecule is Cc1oc(-c2ccccc2)nc1CCCc1nc2cc(C[C@H](Oc3ccc(Br)cc3)C(=O)O)ccc2o1. The minimum Gasteiger partial charge on any atom is -0.478 e. The van der Waals surface area contributed by atoms with E-state index in [0.29, 0.717) is 35.1 Å². The van der Waals surface area contributed by atoms with E-state index in [1.165, 1.54) is 0 Å². The number of aryl methyl sites for hydroxylation is 3. The van der Waals surface area contributed by atoms with Crippen LogP contribution in [0.2, 0.25) is 0 Å². The Morgan fingerprint density at radius 2 is 1.78 bits per heavy atom. The van der Waals surface area contributed by atoms with Gasteiger partial charge in [0.25, 0.3) is 0 Å². The first-order chi connectivity index (χ1) is 17.9. The highest BCUT2D eigenvalue weighted by atomic mass is 79.9. The smallest absolute Gasteiger partial charge is 0.345 e. The van der Waals surface area contributed by atoms with Gasteiger partial charge in [-0.05, 0) is 73.9 Å². The van der Waals surface area contributed by atoms with Crippen LogP contribution in [0.15, 0.2) is 86.1 Å². The molecule has 0 aliphatic heterocycles. The van der Waals surface area contributed by atoms with E-state index in [0.717, 1.165) is 39.9 Å². The van der Waals surface area contributed by atoms with Crippen LogP contribution in [-0.4, -0.2) is 27.1 Å². The third-order valence-electron chi connectivity index (χ3n) is 6.00. The number of carboxylic acids is 1. The molecule has 5 rings (SSSR count). The van der Waals surface area contributed by atoms with Crippen LogP contribution in [0.25, 0.3) is 22.6 Å². The molecule has 1 N–H and O–H groups in total. The first-order valence-corrected chi connectivity index (χ1v) is 12.8. The van der Waals surface area contributed by atoms with Crippen molar-refractivity contribution in [3.63, 3.8) is 0 Å². The molecule has 0 saturated carbocycles. The highest BCUT2D eigenvalue weighted by Crippen LogP contribution is 2.24. The van der Waals surface area contributed by atoms with Crippen LogP contribution in [0.4, 0.5) is 0 Å². The summed E-state index contributed by atoms with van der Waals surface area (Å²) in [6.45, 7) is 1.93. The summed E-state index contributed by atoms with van der Waals surface area (Å²) in [5.74, 6) is 1.56. The molecule has 0 radical (unpaired) electrons. The van der Waals surface area contributed by atoms with E-state index in [2.05, 4.69) is 25.9 Å². The second-order valence-corrected chi connectivity index (χ2v) is 9.67. The van der Waals surface area contributed by atoms with Crippen molar-refractivity contribution in [3.05, 3.63) is 100 Å². The fraction of sp³-hybridized carbons (Fsp3) is 0.207. The van der Waals surface area contributed by atoms with Crippen molar-refractivity contribution in [2.24, 2.45) is 0 Å². The summed E-state index contributed by atoms with van der Waals surface area (Å²) in [5, 5.41) is 9.66. The lowest BCUT2D eigenvalue weighted by atomic mass is 10.1. The maximum atomic E-state index is 11.8. The molecule has 37 heavy (non-hydrogen) atoms. The van der Waals surface area contributed by atoms with Crippen LogP contribution >= 0.6 is 15.9 Å². The van der Waals surface area contributed by atoms with Crippen LogP contribution < -0.4 is 4.74 Å². The largest absolute Gasteiger partial charge is 0.478 e. The minimum absolute atomic E-state index is 0.207. The first-order valence-electron chi connectivity index (χ1n) is 12.0. The van der Waals surface area contributed by atoms with Crippen LogP contribution in [0.5, 0.6) is 5.75 Å². The zero-order valence-corrected chi connectivity index (χ0v) is 21.8. The summed E-state index contributed by atoms with van der Waals surface area (Å²) in [6.07, 6.45) is 1.40. The summed E-state index contributed by atoms with van der Waals surface area (Å²) < 4.78 is 18.4. The summed E-state index contributed by atoms with van der Waals surface area (Å²) >= 11 is 3.36. The van der Waals surface area contributed by atoms with Crippen LogP contribution in [0, 0.1) is 6.92 Å². The molecular formula is C29H25BrN2O5. The molecule has 8 heteroatoms. The van der Waals surface area contributed by atoms with Gasteiger partial charge in [-0.2, -0.15) is 0 Å². The molecule has 5 aromatic rings. The van der Waals surface area contributed by atoms with E-state index in [1.807, 2.05) is 67.6 Å². The third-order valence-corrected chi connectivity index (χ3v) is 6.53. The maximum Gasteiger partial charge on any atom is 0.345 e. The molecule has 2 aromatic heterocycles. The number of rotatable bonds is 10. The number of halogens is 1. The lowest BCUT2D eigenvalue weighted by molar-refractivity contribution is -0.145. The van der Waals surface area contributed by atoms with Crippen molar-refractivity contribution >= 4 is 33.0 Å². The number of benzene rings is 3. The number of fused-ring (bicyclic) bond motifs is 1. The molecule has 0 aliphatic rings. The van der Waals surface area contributed by atoms with Crippen molar-refractivity contribution in [2.75, 3.05) is 0 Å². The van der Waals surface area contributed by atoms with E-state index in [4.69, 9.17) is 13.6 Å². The number of hydrogen-bond donors (Lipinski definition) is 1. The Balaban J connectivity index is 1.22. The van der Waals surface area contributed by atoms with E-state index in [1.54, 1.807) is 12.1 Å². The highest BCUT2D eigenvalue weighted by Gasteiger charge is 2.21. The minimum atomic E-state index is -1.03. The van der Waals surface area contributed by atoms with Gasteiger partial charge in [0, 0.05) is 22.9 Å². The van der Waals surface area contributed by atoms with Gasteiger partial charge in [-0.3, -0.25) is 0 Å². The molecule has 0 bridgehead atoms. The number of nitrogens with zero attached hydrogens (tertiary/aromatic N) is 2. The Morgan fingerprint density at radius 1 is 1.00 bits per heavy atom. The van der Waals surface area contributed by atoms with Gasteiger partial charge in [-0.15, -0.1) is 0 Å². The Hall–Kier alpha value is -3.91. The van der Waals surface area contributed by atoms with E-state index >= 15 is 0 Å². The molecule has 3 aromatic carbocycles. The predicted molar refractivity (Wildman–Crippen MR) is 143 cm³/mol. The van der Waals surface area contributed by atoms with Gasteiger partial charge in [0.05, 0.1) is 5.69 Å². The average Bonchev–Trinajstić information content (AvgIpc) is 3.48. The summed E-state index contributed by atoms with van der Waals surface area (Å²) in [4.78, 5) is 21.1. The number of carboxylic acid groups (broad SMARTS) is 1. The number of hydrogen-bond acceptors (Lipinski definition) is 6. The molecule has 0 fully saturated rings. The van der Waals surface area contributed by atoms with Crippen molar-refractivity contribution in [1.82, 2.24) is 9.97 Å². The van der Waals surface area contributed by atoms with Crippen LogP contribution in [0.3, 0.4) is 0 Å². The fourth-order valence-corrected chi connectivity index (χ4v) is 4.36. The summed E-state index contributed by atoms with van der Waals surface area (Å²) in [6, 6.07) is 22.5. The Kier molecular flexibility index (Phi) is 7.37.